The van der Waals surface area contributed by atoms with E-state index in [1.807, 2.05) is 0 Å². The van der Waals surface area contributed by atoms with Crippen LogP contribution in [0, 0.1) is 0 Å². The molecular formula is C7H10ClN5O6. The van der Waals surface area contributed by atoms with Gasteiger partial charge in [-0.15, -0.1) is 22.6 Å². The predicted molar refractivity (Wildman–Crippen MR) is 61.9 cm³/mol. The Balaban J connectivity index is 0. The van der Waals surface area contributed by atoms with Crippen molar-refractivity contribution in [2.45, 2.75) is 12.2 Å². The summed E-state index contributed by atoms with van der Waals surface area (Å²) >= 11 is 0. The summed E-state index contributed by atoms with van der Waals surface area (Å²) in [5, 5.41) is 49.0. The van der Waals surface area contributed by atoms with E-state index in [1.165, 1.54) is 12.4 Å². The number of carboxylic acids is 2. The van der Waals surface area contributed by atoms with E-state index in [4.69, 9.17) is 20.4 Å². The third-order valence-electron chi connectivity index (χ3n) is 1.29. The van der Waals surface area contributed by atoms with Crippen LogP contribution in [-0.4, -0.2) is 50.8 Å². The Bertz CT molecular complexity index is 335. The van der Waals surface area contributed by atoms with Crippen molar-refractivity contribution in [2.24, 2.45) is 25.9 Å². The Morgan fingerprint density at radius 1 is 0.947 bits per heavy atom. The monoisotopic (exact) mass is 295 g/mol. The Morgan fingerprint density at radius 3 is 1.95 bits per heavy atom. The molecule has 0 aliphatic carbocycles. The molecule has 0 saturated heterocycles. The molecule has 2 unspecified atom stereocenters. The van der Waals surface area contributed by atoms with Crippen LogP contribution in [0.15, 0.2) is 38.2 Å². The smallest absolute Gasteiger partial charge is 0.335 e. The lowest BCUT2D eigenvalue weighted by Crippen LogP contribution is -2.39. The lowest BCUT2D eigenvalue weighted by molar-refractivity contribution is -0.165. The van der Waals surface area contributed by atoms with Crippen molar-refractivity contribution >= 4 is 30.6 Å². The Morgan fingerprint density at radius 2 is 1.47 bits per heavy atom. The minimum absolute atomic E-state index is 0. The summed E-state index contributed by atoms with van der Waals surface area (Å²) in [7, 11) is 0. The lowest BCUT2D eigenvalue weighted by atomic mass is 10.2. The SMILES string of the molecule is C1=CN=N/N=N\N=C1.Cl.O=C(O)C(O)C(O)C(=O)O. The molecule has 0 aromatic heterocycles. The maximum absolute atomic E-state index is 9.77. The molecule has 0 spiro atoms. The van der Waals surface area contributed by atoms with Gasteiger partial charge in [-0.25, -0.2) is 9.59 Å². The summed E-state index contributed by atoms with van der Waals surface area (Å²) in [6.07, 6.45) is 0.0281. The number of aliphatic hydroxyl groups is 2. The highest BCUT2D eigenvalue weighted by Crippen LogP contribution is 1.92. The number of hydrogen-bond acceptors (Lipinski definition) is 9. The first-order chi connectivity index (χ1) is 8.46. The minimum Gasteiger partial charge on any atom is -0.479 e. The highest BCUT2D eigenvalue weighted by Gasteiger charge is 2.29. The van der Waals surface area contributed by atoms with Crippen LogP contribution in [0.1, 0.15) is 0 Å². The zero-order chi connectivity index (χ0) is 14.0. The Kier molecular flexibility index (Phi) is 10.9. The van der Waals surface area contributed by atoms with Crippen LogP contribution in [0.5, 0.6) is 0 Å². The second kappa shape index (κ2) is 10.9. The van der Waals surface area contributed by atoms with Crippen molar-refractivity contribution < 1.29 is 30.0 Å². The third-order valence-corrected chi connectivity index (χ3v) is 1.29. The summed E-state index contributed by atoms with van der Waals surface area (Å²) < 4.78 is 0. The molecule has 19 heavy (non-hydrogen) atoms. The first-order valence-electron chi connectivity index (χ1n) is 4.27. The summed E-state index contributed by atoms with van der Waals surface area (Å²) in [5.41, 5.74) is 0. The molecule has 0 aromatic carbocycles. The lowest BCUT2D eigenvalue weighted by Gasteiger charge is -2.07. The normalized spacial score (nSPS) is 16.7. The molecule has 0 fully saturated rings. The second-order valence-corrected chi connectivity index (χ2v) is 2.56. The van der Waals surface area contributed by atoms with Crippen molar-refractivity contribution in [3.05, 3.63) is 12.3 Å². The van der Waals surface area contributed by atoms with E-state index >= 15 is 0 Å². The molecule has 106 valence electrons. The van der Waals surface area contributed by atoms with Gasteiger partial charge in [-0.1, -0.05) is 0 Å². The summed E-state index contributed by atoms with van der Waals surface area (Å²) in [5.74, 6) is -3.54. The van der Waals surface area contributed by atoms with Gasteiger partial charge < -0.3 is 20.4 Å². The van der Waals surface area contributed by atoms with E-state index in [1.54, 1.807) is 6.08 Å². The highest BCUT2D eigenvalue weighted by molar-refractivity contribution is 5.85. The molecule has 11 nitrogen and oxygen atoms in total. The van der Waals surface area contributed by atoms with E-state index < -0.39 is 24.1 Å². The van der Waals surface area contributed by atoms with Gasteiger partial charge in [0, 0.05) is 0 Å². The molecule has 2 atom stereocenters. The number of carboxylic acid groups (broad SMARTS) is 2. The van der Waals surface area contributed by atoms with E-state index in [-0.39, 0.29) is 12.4 Å². The molecule has 0 radical (unpaired) electrons. The minimum atomic E-state index is -2.27. The van der Waals surface area contributed by atoms with Crippen LogP contribution >= 0.6 is 12.4 Å². The number of allylic oxidation sites excluding steroid dienone is 1. The summed E-state index contributed by atoms with van der Waals surface area (Å²) in [4.78, 5) is 19.5. The fourth-order valence-electron chi connectivity index (χ4n) is 0.509. The topological polar surface area (TPSA) is 177 Å². The van der Waals surface area contributed by atoms with Crippen molar-refractivity contribution in [2.75, 3.05) is 0 Å². The molecular weight excluding hydrogens is 286 g/mol. The van der Waals surface area contributed by atoms with Gasteiger partial charge in [0.1, 0.15) is 0 Å². The summed E-state index contributed by atoms with van der Waals surface area (Å²) in [6.45, 7) is 0. The average molecular weight is 296 g/mol. The van der Waals surface area contributed by atoms with Crippen LogP contribution < -0.4 is 0 Å². The Hall–Kier alpha value is -2.24. The van der Waals surface area contributed by atoms with Crippen LogP contribution in [0.25, 0.3) is 0 Å². The van der Waals surface area contributed by atoms with E-state index in [0.717, 1.165) is 0 Å². The first kappa shape index (κ1) is 19.1. The average Bonchev–Trinajstić information content (AvgIpc) is 2.26. The number of nitrogens with zero attached hydrogens (tertiary/aromatic N) is 5. The van der Waals surface area contributed by atoms with Crippen molar-refractivity contribution in [1.29, 1.82) is 0 Å². The molecule has 0 amide bonds. The number of carbonyl (C=O) groups is 2. The number of hydrogen-bond donors (Lipinski definition) is 4. The van der Waals surface area contributed by atoms with Gasteiger partial charge in [-0.2, -0.15) is 0 Å². The first-order valence-corrected chi connectivity index (χ1v) is 4.27. The van der Waals surface area contributed by atoms with E-state index in [2.05, 4.69) is 25.9 Å². The maximum atomic E-state index is 9.77. The number of halogens is 1. The van der Waals surface area contributed by atoms with Crippen molar-refractivity contribution in [1.82, 2.24) is 0 Å². The van der Waals surface area contributed by atoms with Crippen molar-refractivity contribution in [3.8, 4) is 0 Å². The molecule has 0 saturated carbocycles. The molecule has 1 aliphatic rings. The predicted octanol–water partition coefficient (Wildman–Crippen LogP) is -0.382. The zero-order valence-corrected chi connectivity index (χ0v) is 9.95. The fraction of sp³-hybridized carbons (Fsp3) is 0.286. The molecule has 12 heteroatoms. The van der Waals surface area contributed by atoms with Gasteiger partial charge in [0.15, 0.2) is 12.2 Å². The molecule has 0 bridgehead atoms. The van der Waals surface area contributed by atoms with Gasteiger partial charge in [0.2, 0.25) is 0 Å². The van der Waals surface area contributed by atoms with E-state index in [9.17, 15) is 9.59 Å². The second-order valence-electron chi connectivity index (χ2n) is 2.56. The molecule has 0 aromatic rings. The molecule has 1 rings (SSSR count). The van der Waals surface area contributed by atoms with Gasteiger partial charge >= 0.3 is 11.9 Å². The van der Waals surface area contributed by atoms with Gasteiger partial charge in [0.05, 0.1) is 12.4 Å². The largest absolute Gasteiger partial charge is 0.479 e. The zero-order valence-electron chi connectivity index (χ0n) is 9.14. The van der Waals surface area contributed by atoms with Gasteiger partial charge in [0.25, 0.3) is 0 Å². The molecule has 1 heterocycles. The molecule has 4 N–H and O–H groups in total. The standard InChI is InChI=1S/C4H6O6.C3H3N5.ClH/c5-1(3(7)8)2(6)4(9)10;1-2-4-6-8-7-5-3-1;/h1-2,5-6H,(H,7,8)(H,9,10);1-3H;1H/b;2-1?,3-1?,4-2?,5-3?,6-4?,7-5?,8-6-,8-7?;. The third kappa shape index (κ3) is 9.46. The quantitative estimate of drug-likeness (QED) is 0.551. The Labute approximate surface area is 112 Å². The van der Waals surface area contributed by atoms with Crippen LogP contribution in [0.4, 0.5) is 0 Å². The number of aliphatic carboxylic acids is 2. The maximum Gasteiger partial charge on any atom is 0.335 e. The van der Waals surface area contributed by atoms with Crippen LogP contribution in [0.2, 0.25) is 0 Å². The highest BCUT2D eigenvalue weighted by atomic mass is 35.5. The van der Waals surface area contributed by atoms with Gasteiger partial charge in [-0.05, 0) is 21.7 Å². The summed E-state index contributed by atoms with van der Waals surface area (Å²) in [6, 6.07) is 0. The van der Waals surface area contributed by atoms with Gasteiger partial charge in [-0.3, -0.25) is 0 Å². The van der Waals surface area contributed by atoms with Crippen LogP contribution in [-0.2, 0) is 9.59 Å². The number of rotatable bonds is 3. The number of aliphatic hydroxyl groups excluding tert-OH is 2. The fourth-order valence-corrected chi connectivity index (χ4v) is 0.509. The van der Waals surface area contributed by atoms with E-state index in [0.29, 0.717) is 0 Å². The van der Waals surface area contributed by atoms with Crippen LogP contribution in [0.3, 0.4) is 0 Å². The van der Waals surface area contributed by atoms with Crippen molar-refractivity contribution in [3.63, 3.8) is 0 Å². The molecule has 1 aliphatic heterocycles.